The van der Waals surface area contributed by atoms with Gasteiger partial charge in [-0.15, -0.1) is 11.3 Å². The molecule has 0 spiro atoms. The largest absolute Gasteiger partial charge is 0.504 e. The van der Waals surface area contributed by atoms with Crippen molar-refractivity contribution >= 4 is 17.2 Å². The van der Waals surface area contributed by atoms with E-state index >= 15 is 0 Å². The fraction of sp³-hybridized carbons (Fsp3) is 0.267. The normalized spacial score (nSPS) is 12.4. The number of hydrogen-bond acceptors (Lipinski definition) is 4. The fourth-order valence-corrected chi connectivity index (χ4v) is 2.82. The van der Waals surface area contributed by atoms with Crippen LogP contribution in [-0.2, 0) is 6.42 Å². The van der Waals surface area contributed by atoms with E-state index in [0.29, 0.717) is 12.0 Å². The van der Waals surface area contributed by atoms with Gasteiger partial charge in [0.25, 0.3) is 12.3 Å². The quantitative estimate of drug-likeness (QED) is 0.737. The van der Waals surface area contributed by atoms with Crippen LogP contribution in [0, 0.1) is 0 Å². The lowest BCUT2D eigenvalue weighted by Crippen LogP contribution is -2.34. The molecule has 0 aliphatic carbocycles. The number of carbonyl (C=O) groups is 1. The molecule has 1 aromatic carbocycles. The number of hydrogen-bond donors (Lipinski definition) is 3. The molecule has 2 aromatic rings. The Morgan fingerprint density at radius 2 is 2.00 bits per heavy atom. The van der Waals surface area contributed by atoms with E-state index in [4.69, 9.17) is 0 Å². The van der Waals surface area contributed by atoms with Crippen molar-refractivity contribution in [3.8, 4) is 11.5 Å². The monoisotopic (exact) mass is 327 g/mol. The Hall–Kier alpha value is -2.15. The van der Waals surface area contributed by atoms with Crippen molar-refractivity contribution < 1.29 is 23.8 Å². The highest BCUT2D eigenvalue weighted by Gasteiger charge is 2.21. The first kappa shape index (κ1) is 16.2. The molecule has 7 heteroatoms. The topological polar surface area (TPSA) is 69.6 Å². The van der Waals surface area contributed by atoms with Gasteiger partial charge in [0.1, 0.15) is 0 Å². The van der Waals surface area contributed by atoms with Crippen LogP contribution in [0.15, 0.2) is 29.6 Å². The second-order valence-corrected chi connectivity index (χ2v) is 5.85. The number of amides is 1. The van der Waals surface area contributed by atoms with E-state index in [2.05, 4.69) is 5.32 Å². The van der Waals surface area contributed by atoms with E-state index < -0.39 is 12.3 Å². The maximum absolute atomic E-state index is 12.8. The first-order chi connectivity index (χ1) is 10.4. The van der Waals surface area contributed by atoms with Crippen LogP contribution in [0.1, 0.15) is 34.1 Å². The Kier molecular flexibility index (Phi) is 4.97. The zero-order valence-corrected chi connectivity index (χ0v) is 12.5. The Bertz CT molecular complexity index is 673. The van der Waals surface area contributed by atoms with Crippen LogP contribution in [-0.4, -0.2) is 22.2 Å². The van der Waals surface area contributed by atoms with Crippen LogP contribution in [0.25, 0.3) is 0 Å². The van der Waals surface area contributed by atoms with Crippen molar-refractivity contribution in [1.29, 1.82) is 0 Å². The van der Waals surface area contributed by atoms with Crippen LogP contribution >= 0.6 is 11.3 Å². The minimum Gasteiger partial charge on any atom is -0.504 e. The van der Waals surface area contributed by atoms with Gasteiger partial charge in [0.15, 0.2) is 11.5 Å². The van der Waals surface area contributed by atoms with Gasteiger partial charge in [0.2, 0.25) is 0 Å². The molecule has 0 saturated heterocycles. The van der Waals surface area contributed by atoms with Crippen molar-refractivity contribution in [1.82, 2.24) is 5.32 Å². The van der Waals surface area contributed by atoms with Crippen LogP contribution < -0.4 is 5.32 Å². The Labute approximate surface area is 130 Å². The molecule has 118 valence electrons. The summed E-state index contributed by atoms with van der Waals surface area (Å²) in [4.78, 5) is 11.8. The lowest BCUT2D eigenvalue weighted by molar-refractivity contribution is 0.0929. The number of phenolic OH excluding ortho intramolecular Hbond substituents is 2. The number of phenols is 2. The molecule has 1 amide bonds. The highest BCUT2D eigenvalue weighted by atomic mass is 32.1. The standard InChI is InChI=1S/C15H15F2NO3S/c1-8(6-9-2-3-11(19)12(20)7-9)18-15(21)10-4-5-22-13(10)14(16)17/h2-5,7-8,14,19-20H,6H2,1H3,(H,18,21). The van der Waals surface area contributed by atoms with E-state index in [1.807, 2.05) is 0 Å². The van der Waals surface area contributed by atoms with Gasteiger partial charge in [-0.25, -0.2) is 8.78 Å². The van der Waals surface area contributed by atoms with Crippen LogP contribution in [0.5, 0.6) is 11.5 Å². The average molecular weight is 327 g/mol. The molecule has 0 aliphatic rings. The SMILES string of the molecule is CC(Cc1ccc(O)c(O)c1)NC(=O)c1ccsc1C(F)F. The van der Waals surface area contributed by atoms with Crippen LogP contribution in [0.3, 0.4) is 0 Å². The minimum atomic E-state index is -2.68. The van der Waals surface area contributed by atoms with Crippen molar-refractivity contribution in [3.05, 3.63) is 45.6 Å². The molecule has 2 rings (SSSR count). The Morgan fingerprint density at radius 1 is 1.27 bits per heavy atom. The van der Waals surface area contributed by atoms with Gasteiger partial charge in [-0.3, -0.25) is 4.79 Å². The maximum Gasteiger partial charge on any atom is 0.273 e. The first-order valence-corrected chi connectivity index (χ1v) is 7.43. The number of aromatic hydroxyl groups is 2. The molecule has 0 aliphatic heterocycles. The highest BCUT2D eigenvalue weighted by Crippen LogP contribution is 2.28. The third kappa shape index (κ3) is 3.73. The lowest BCUT2D eigenvalue weighted by Gasteiger charge is -2.14. The molecule has 1 atom stereocenters. The van der Waals surface area contributed by atoms with Gasteiger partial charge >= 0.3 is 0 Å². The third-order valence-corrected chi connectivity index (χ3v) is 4.02. The van der Waals surface area contributed by atoms with E-state index in [-0.39, 0.29) is 28.0 Å². The second-order valence-electron chi connectivity index (χ2n) is 4.90. The first-order valence-electron chi connectivity index (χ1n) is 6.55. The molecule has 0 bridgehead atoms. The average Bonchev–Trinajstić information content (AvgIpc) is 2.92. The zero-order valence-electron chi connectivity index (χ0n) is 11.7. The number of alkyl halides is 2. The molecule has 1 unspecified atom stereocenters. The molecular weight excluding hydrogens is 312 g/mol. The molecule has 0 saturated carbocycles. The van der Waals surface area contributed by atoms with Gasteiger partial charge in [-0.05, 0) is 42.5 Å². The lowest BCUT2D eigenvalue weighted by atomic mass is 10.1. The number of thiophene rings is 1. The molecule has 4 nitrogen and oxygen atoms in total. The van der Waals surface area contributed by atoms with E-state index in [1.165, 1.54) is 23.6 Å². The van der Waals surface area contributed by atoms with E-state index in [9.17, 15) is 23.8 Å². The van der Waals surface area contributed by atoms with E-state index in [1.54, 1.807) is 13.0 Å². The van der Waals surface area contributed by atoms with Crippen molar-refractivity contribution in [2.75, 3.05) is 0 Å². The molecule has 22 heavy (non-hydrogen) atoms. The maximum atomic E-state index is 12.8. The summed E-state index contributed by atoms with van der Waals surface area (Å²) in [6.07, 6.45) is -2.28. The van der Waals surface area contributed by atoms with E-state index in [0.717, 1.165) is 11.3 Å². The van der Waals surface area contributed by atoms with Crippen LogP contribution in [0.2, 0.25) is 0 Å². The smallest absolute Gasteiger partial charge is 0.273 e. The molecular formula is C15H15F2NO3S. The summed E-state index contributed by atoms with van der Waals surface area (Å²) in [5, 5.41) is 22.8. The molecule has 0 radical (unpaired) electrons. The second kappa shape index (κ2) is 6.74. The fourth-order valence-electron chi connectivity index (χ4n) is 2.08. The predicted molar refractivity (Wildman–Crippen MR) is 79.7 cm³/mol. The zero-order chi connectivity index (χ0) is 16.3. The highest BCUT2D eigenvalue weighted by molar-refractivity contribution is 7.10. The van der Waals surface area contributed by atoms with Gasteiger partial charge < -0.3 is 15.5 Å². The summed E-state index contributed by atoms with van der Waals surface area (Å²) >= 11 is 0.849. The third-order valence-electron chi connectivity index (χ3n) is 3.10. The minimum absolute atomic E-state index is 0.0135. The van der Waals surface area contributed by atoms with Crippen molar-refractivity contribution in [2.24, 2.45) is 0 Å². The van der Waals surface area contributed by atoms with Gasteiger partial charge in [-0.1, -0.05) is 6.07 Å². The van der Waals surface area contributed by atoms with Gasteiger partial charge in [0.05, 0.1) is 10.4 Å². The van der Waals surface area contributed by atoms with Crippen molar-refractivity contribution in [3.63, 3.8) is 0 Å². The number of nitrogens with one attached hydrogen (secondary N) is 1. The summed E-state index contributed by atoms with van der Waals surface area (Å²) in [7, 11) is 0. The van der Waals surface area contributed by atoms with Crippen LogP contribution in [0.4, 0.5) is 8.78 Å². The summed E-state index contributed by atoms with van der Waals surface area (Å²) in [6.45, 7) is 1.73. The van der Waals surface area contributed by atoms with Gasteiger partial charge in [0, 0.05) is 6.04 Å². The van der Waals surface area contributed by atoms with Gasteiger partial charge in [-0.2, -0.15) is 0 Å². The molecule has 3 N–H and O–H groups in total. The molecule has 0 fully saturated rings. The number of halogens is 2. The Balaban J connectivity index is 2.02. The number of rotatable bonds is 5. The predicted octanol–water partition coefficient (Wildman–Crippen LogP) is 3.46. The Morgan fingerprint density at radius 3 is 2.64 bits per heavy atom. The summed E-state index contributed by atoms with van der Waals surface area (Å²) in [5.74, 6) is -1.01. The molecule has 1 heterocycles. The molecule has 1 aromatic heterocycles. The summed E-state index contributed by atoms with van der Waals surface area (Å²) in [6, 6.07) is 5.43. The summed E-state index contributed by atoms with van der Waals surface area (Å²) < 4.78 is 25.5. The van der Waals surface area contributed by atoms with Crippen molar-refractivity contribution in [2.45, 2.75) is 25.8 Å². The summed E-state index contributed by atoms with van der Waals surface area (Å²) in [5.41, 5.74) is 0.697. The number of benzene rings is 1. The number of carbonyl (C=O) groups excluding carboxylic acids is 1.